The van der Waals surface area contributed by atoms with Gasteiger partial charge in [-0.25, -0.2) is 0 Å². The third-order valence-corrected chi connectivity index (χ3v) is 3.39. The lowest BCUT2D eigenvalue weighted by molar-refractivity contribution is 0.481. The van der Waals surface area contributed by atoms with E-state index in [0.717, 1.165) is 5.75 Å². The van der Waals surface area contributed by atoms with Gasteiger partial charge < -0.3 is 4.74 Å². The normalized spacial score (nSPS) is 10.7. The van der Waals surface area contributed by atoms with Crippen molar-refractivity contribution in [1.82, 2.24) is 0 Å². The highest BCUT2D eigenvalue weighted by Crippen LogP contribution is 2.30. The highest BCUT2D eigenvalue weighted by Gasteiger charge is 2.04. The highest BCUT2D eigenvalue weighted by molar-refractivity contribution is 6.42. The molecule has 2 aromatic rings. The molecule has 0 spiro atoms. The molecule has 0 N–H and O–H groups in total. The summed E-state index contributed by atoms with van der Waals surface area (Å²) in [7, 11) is 0. The Balaban J connectivity index is 2.23. The van der Waals surface area contributed by atoms with E-state index in [9.17, 15) is 0 Å². The molecule has 18 heavy (non-hydrogen) atoms. The van der Waals surface area contributed by atoms with Crippen LogP contribution in [-0.2, 0) is 0 Å². The summed E-state index contributed by atoms with van der Waals surface area (Å²) in [5.41, 5.74) is 1.24. The van der Waals surface area contributed by atoms with Gasteiger partial charge in [0.25, 0.3) is 0 Å². The number of hydrogen-bond donors (Lipinski definition) is 0. The quantitative estimate of drug-likeness (QED) is 0.679. The van der Waals surface area contributed by atoms with E-state index >= 15 is 0 Å². The van der Waals surface area contributed by atoms with Gasteiger partial charge in [-0.05, 0) is 35.7 Å². The molecule has 1 nitrogen and oxygen atoms in total. The summed E-state index contributed by atoms with van der Waals surface area (Å²) in [5, 5.41) is 1.02. The second kappa shape index (κ2) is 5.64. The van der Waals surface area contributed by atoms with Crippen molar-refractivity contribution in [2.75, 3.05) is 0 Å². The van der Waals surface area contributed by atoms with Crippen LogP contribution in [0.5, 0.6) is 11.5 Å². The van der Waals surface area contributed by atoms with E-state index in [2.05, 4.69) is 19.9 Å². The van der Waals surface area contributed by atoms with Gasteiger partial charge >= 0.3 is 0 Å². The predicted molar refractivity (Wildman–Crippen MR) is 77.1 cm³/mol. The zero-order valence-electron chi connectivity index (χ0n) is 10.3. The molecule has 94 valence electrons. The fourth-order valence-corrected chi connectivity index (χ4v) is 1.90. The lowest BCUT2D eigenvalue weighted by atomic mass is 10.0. The van der Waals surface area contributed by atoms with Crippen LogP contribution in [0.4, 0.5) is 0 Å². The fourth-order valence-electron chi connectivity index (χ4n) is 1.61. The molecule has 2 aromatic carbocycles. The standard InChI is InChI=1S/C15H14Cl2O/c1-10(2)11-4-3-5-12(8-11)18-13-6-7-14(16)15(17)9-13/h3-10H,1-2H3. The largest absolute Gasteiger partial charge is 0.457 e. The molecule has 0 aliphatic rings. The first-order chi connectivity index (χ1) is 8.56. The van der Waals surface area contributed by atoms with E-state index < -0.39 is 0 Å². The highest BCUT2D eigenvalue weighted by atomic mass is 35.5. The van der Waals surface area contributed by atoms with E-state index in [4.69, 9.17) is 27.9 Å². The van der Waals surface area contributed by atoms with Crippen molar-refractivity contribution in [3.05, 3.63) is 58.1 Å². The topological polar surface area (TPSA) is 9.23 Å². The van der Waals surface area contributed by atoms with E-state index in [1.165, 1.54) is 5.56 Å². The lowest BCUT2D eigenvalue weighted by Crippen LogP contribution is -1.89. The summed E-state index contributed by atoms with van der Waals surface area (Å²) < 4.78 is 5.76. The molecule has 2 rings (SSSR count). The van der Waals surface area contributed by atoms with Crippen LogP contribution in [0.25, 0.3) is 0 Å². The van der Waals surface area contributed by atoms with Crippen molar-refractivity contribution in [1.29, 1.82) is 0 Å². The summed E-state index contributed by atoms with van der Waals surface area (Å²) in [6.07, 6.45) is 0. The van der Waals surface area contributed by atoms with Gasteiger partial charge in [0, 0.05) is 6.07 Å². The number of hydrogen-bond acceptors (Lipinski definition) is 1. The van der Waals surface area contributed by atoms with E-state index in [1.807, 2.05) is 18.2 Å². The van der Waals surface area contributed by atoms with E-state index in [-0.39, 0.29) is 0 Å². The van der Waals surface area contributed by atoms with Gasteiger partial charge in [-0.3, -0.25) is 0 Å². The van der Waals surface area contributed by atoms with Crippen molar-refractivity contribution < 1.29 is 4.74 Å². The van der Waals surface area contributed by atoms with Crippen LogP contribution in [0.1, 0.15) is 25.3 Å². The summed E-state index contributed by atoms with van der Waals surface area (Å²) in [6.45, 7) is 4.30. The molecule has 0 fully saturated rings. The third-order valence-electron chi connectivity index (χ3n) is 2.65. The van der Waals surface area contributed by atoms with Crippen LogP contribution in [0.15, 0.2) is 42.5 Å². The molecule has 0 unspecified atom stereocenters. The first-order valence-corrected chi connectivity index (χ1v) is 6.54. The van der Waals surface area contributed by atoms with Crippen molar-refractivity contribution in [3.8, 4) is 11.5 Å². The van der Waals surface area contributed by atoms with E-state index in [1.54, 1.807) is 18.2 Å². The van der Waals surface area contributed by atoms with Crippen LogP contribution in [0.3, 0.4) is 0 Å². The maximum Gasteiger partial charge on any atom is 0.129 e. The minimum Gasteiger partial charge on any atom is -0.457 e. The smallest absolute Gasteiger partial charge is 0.129 e. The Morgan fingerprint density at radius 1 is 0.889 bits per heavy atom. The molecule has 0 aliphatic heterocycles. The molecule has 0 bridgehead atoms. The fraction of sp³-hybridized carbons (Fsp3) is 0.200. The molecule has 0 atom stereocenters. The van der Waals surface area contributed by atoms with Gasteiger partial charge in [-0.15, -0.1) is 0 Å². The van der Waals surface area contributed by atoms with Gasteiger partial charge in [-0.1, -0.05) is 49.2 Å². The Morgan fingerprint density at radius 3 is 2.28 bits per heavy atom. The molecule has 3 heteroatoms. The van der Waals surface area contributed by atoms with Gasteiger partial charge in [0.2, 0.25) is 0 Å². The summed E-state index contributed by atoms with van der Waals surface area (Å²) >= 11 is 11.8. The zero-order valence-corrected chi connectivity index (χ0v) is 11.8. The van der Waals surface area contributed by atoms with Crippen molar-refractivity contribution in [3.63, 3.8) is 0 Å². The molecule has 0 amide bonds. The molecule has 0 aromatic heterocycles. The van der Waals surface area contributed by atoms with Crippen LogP contribution in [-0.4, -0.2) is 0 Å². The molecular weight excluding hydrogens is 267 g/mol. The van der Waals surface area contributed by atoms with Gasteiger partial charge in [-0.2, -0.15) is 0 Å². The summed E-state index contributed by atoms with van der Waals surface area (Å²) in [5.74, 6) is 1.97. The molecule has 0 saturated heterocycles. The van der Waals surface area contributed by atoms with Crippen molar-refractivity contribution >= 4 is 23.2 Å². The average molecular weight is 281 g/mol. The van der Waals surface area contributed by atoms with Gasteiger partial charge in [0.1, 0.15) is 11.5 Å². The predicted octanol–water partition coefficient (Wildman–Crippen LogP) is 5.91. The van der Waals surface area contributed by atoms with Crippen LogP contribution < -0.4 is 4.74 Å². The molecular formula is C15H14Cl2O. The summed E-state index contributed by atoms with van der Waals surface area (Å²) in [6, 6.07) is 13.3. The lowest BCUT2D eigenvalue weighted by Gasteiger charge is -2.10. The molecule has 0 heterocycles. The summed E-state index contributed by atoms with van der Waals surface area (Å²) in [4.78, 5) is 0. The second-order valence-electron chi connectivity index (χ2n) is 4.41. The minimum absolute atomic E-state index is 0.474. The van der Waals surface area contributed by atoms with Gasteiger partial charge in [0.15, 0.2) is 0 Å². The third kappa shape index (κ3) is 3.18. The van der Waals surface area contributed by atoms with Crippen molar-refractivity contribution in [2.24, 2.45) is 0 Å². The van der Waals surface area contributed by atoms with Crippen LogP contribution >= 0.6 is 23.2 Å². The number of rotatable bonds is 3. The van der Waals surface area contributed by atoms with E-state index in [0.29, 0.717) is 21.7 Å². The first-order valence-electron chi connectivity index (χ1n) is 5.79. The Bertz CT molecular complexity index is 550. The van der Waals surface area contributed by atoms with Crippen molar-refractivity contribution in [2.45, 2.75) is 19.8 Å². The van der Waals surface area contributed by atoms with Gasteiger partial charge in [0.05, 0.1) is 10.0 Å². The zero-order chi connectivity index (χ0) is 13.1. The minimum atomic E-state index is 0.474. The van der Waals surface area contributed by atoms with Crippen LogP contribution in [0, 0.1) is 0 Å². The Hall–Kier alpha value is -1.18. The Kier molecular flexibility index (Phi) is 4.15. The number of benzene rings is 2. The Labute approximate surface area is 117 Å². The first kappa shape index (κ1) is 13.3. The SMILES string of the molecule is CC(C)c1cccc(Oc2ccc(Cl)c(Cl)c2)c1. The Morgan fingerprint density at radius 2 is 1.61 bits per heavy atom. The average Bonchev–Trinajstić information content (AvgIpc) is 2.34. The monoisotopic (exact) mass is 280 g/mol. The second-order valence-corrected chi connectivity index (χ2v) is 5.22. The molecule has 0 aliphatic carbocycles. The maximum absolute atomic E-state index is 5.95. The molecule has 0 radical (unpaired) electrons. The maximum atomic E-state index is 5.95. The molecule has 0 saturated carbocycles. The number of ether oxygens (including phenoxy) is 1. The van der Waals surface area contributed by atoms with Crippen LogP contribution in [0.2, 0.25) is 10.0 Å². The number of halogens is 2.